The maximum Gasteiger partial charge on any atom is 0.125 e. The maximum absolute atomic E-state index is 10.1. The molecule has 0 aliphatic carbocycles. The van der Waals surface area contributed by atoms with Crippen molar-refractivity contribution in [2.45, 2.75) is 13.3 Å². The number of hydrogen-bond donors (Lipinski definition) is 0. The first kappa shape index (κ1) is 6.99. The molecule has 0 atom stereocenters. The van der Waals surface area contributed by atoms with E-state index in [1.165, 1.54) is 0 Å². The van der Waals surface area contributed by atoms with Gasteiger partial charge in [-0.2, -0.15) is 5.10 Å². The van der Waals surface area contributed by atoms with Gasteiger partial charge >= 0.3 is 0 Å². The minimum absolute atomic E-state index is 0.461. The number of rotatable bonds is 2. The Morgan fingerprint density at radius 3 is 2.90 bits per heavy atom. The predicted octanol–water partition coefficient (Wildman–Crippen LogP) is 0.470. The minimum atomic E-state index is 0.461. The van der Waals surface area contributed by atoms with Crippen LogP contribution in [-0.2, 0) is 18.3 Å². The lowest BCUT2D eigenvalue weighted by molar-refractivity contribution is -0.107. The second kappa shape index (κ2) is 2.64. The fraction of sp³-hybridized carbons (Fsp3) is 0.429. The molecule has 1 rings (SSSR count). The summed E-state index contributed by atoms with van der Waals surface area (Å²) >= 11 is 0. The third-order valence-corrected chi connectivity index (χ3v) is 1.55. The molecule has 0 aliphatic rings. The summed E-state index contributed by atoms with van der Waals surface area (Å²) < 4.78 is 1.73. The number of carbonyl (C=O) groups is 1. The third kappa shape index (κ3) is 1.07. The number of hydrogen-bond acceptors (Lipinski definition) is 2. The molecule has 0 aromatic carbocycles. The van der Waals surface area contributed by atoms with E-state index >= 15 is 0 Å². The Balaban J connectivity index is 2.97. The lowest BCUT2D eigenvalue weighted by atomic mass is 10.2. The minimum Gasteiger partial charge on any atom is -0.303 e. The quantitative estimate of drug-likeness (QED) is 0.557. The average Bonchev–Trinajstić information content (AvgIpc) is 2.20. The average molecular weight is 138 g/mol. The Hall–Kier alpha value is -1.12. The lowest BCUT2D eigenvalue weighted by Gasteiger charge is -1.95. The van der Waals surface area contributed by atoms with E-state index < -0.39 is 0 Å². The zero-order valence-corrected chi connectivity index (χ0v) is 6.16. The highest BCUT2D eigenvalue weighted by atomic mass is 16.1. The first-order valence-electron chi connectivity index (χ1n) is 3.17. The van der Waals surface area contributed by atoms with Gasteiger partial charge in [0.15, 0.2) is 0 Å². The number of aromatic nitrogens is 2. The van der Waals surface area contributed by atoms with E-state index in [9.17, 15) is 4.79 Å². The van der Waals surface area contributed by atoms with Crippen LogP contribution in [0.15, 0.2) is 6.20 Å². The van der Waals surface area contributed by atoms with Gasteiger partial charge in [0.05, 0.1) is 6.20 Å². The van der Waals surface area contributed by atoms with Gasteiger partial charge in [-0.25, -0.2) is 0 Å². The van der Waals surface area contributed by atoms with Crippen molar-refractivity contribution in [3.63, 3.8) is 0 Å². The molecular weight excluding hydrogens is 128 g/mol. The van der Waals surface area contributed by atoms with Gasteiger partial charge in [-0.3, -0.25) is 4.68 Å². The highest BCUT2D eigenvalue weighted by Crippen LogP contribution is 2.03. The Bertz CT molecular complexity index is 220. The van der Waals surface area contributed by atoms with Crippen LogP contribution in [0.2, 0.25) is 0 Å². The van der Waals surface area contributed by atoms with Gasteiger partial charge in [0.1, 0.15) is 6.29 Å². The molecule has 1 heterocycles. The summed E-state index contributed by atoms with van der Waals surface area (Å²) in [5.74, 6) is 0. The lowest BCUT2D eigenvalue weighted by Crippen LogP contribution is -1.99. The molecular formula is C7H10N2O. The molecule has 0 fully saturated rings. The highest BCUT2D eigenvalue weighted by molar-refractivity contribution is 5.54. The van der Waals surface area contributed by atoms with E-state index in [4.69, 9.17) is 0 Å². The standard InChI is InChI=1S/C7H10N2O/c1-6-5-8-9(2)7(6)3-4-10/h4-5H,3H2,1-2H3. The van der Waals surface area contributed by atoms with Gasteiger partial charge in [0, 0.05) is 19.2 Å². The molecule has 0 unspecified atom stereocenters. The topological polar surface area (TPSA) is 34.9 Å². The van der Waals surface area contributed by atoms with Crippen molar-refractivity contribution in [3.8, 4) is 0 Å². The monoisotopic (exact) mass is 138 g/mol. The number of aryl methyl sites for hydroxylation is 2. The van der Waals surface area contributed by atoms with Gasteiger partial charge in [-0.15, -0.1) is 0 Å². The zero-order valence-electron chi connectivity index (χ0n) is 6.16. The molecule has 0 bridgehead atoms. The van der Waals surface area contributed by atoms with Gasteiger partial charge in [-0.05, 0) is 12.5 Å². The van der Waals surface area contributed by atoms with Crippen LogP contribution in [0.3, 0.4) is 0 Å². The largest absolute Gasteiger partial charge is 0.303 e. The zero-order chi connectivity index (χ0) is 7.56. The first-order valence-corrected chi connectivity index (χ1v) is 3.17. The van der Waals surface area contributed by atoms with Crippen LogP contribution in [-0.4, -0.2) is 16.1 Å². The van der Waals surface area contributed by atoms with Gasteiger partial charge in [-0.1, -0.05) is 0 Å². The summed E-state index contributed by atoms with van der Waals surface area (Å²) in [6, 6.07) is 0. The molecule has 0 radical (unpaired) electrons. The van der Waals surface area contributed by atoms with Crippen molar-refractivity contribution in [3.05, 3.63) is 17.5 Å². The van der Waals surface area contributed by atoms with Crippen molar-refractivity contribution in [1.29, 1.82) is 0 Å². The molecule has 0 amide bonds. The molecule has 3 nitrogen and oxygen atoms in total. The van der Waals surface area contributed by atoms with E-state index in [1.54, 1.807) is 10.9 Å². The smallest absolute Gasteiger partial charge is 0.125 e. The van der Waals surface area contributed by atoms with E-state index in [0.717, 1.165) is 17.5 Å². The summed E-state index contributed by atoms with van der Waals surface area (Å²) in [7, 11) is 1.84. The summed E-state index contributed by atoms with van der Waals surface area (Å²) in [5, 5.41) is 3.99. The molecule has 54 valence electrons. The number of nitrogens with zero attached hydrogens (tertiary/aromatic N) is 2. The summed E-state index contributed by atoms with van der Waals surface area (Å²) in [5.41, 5.74) is 2.07. The van der Waals surface area contributed by atoms with Crippen LogP contribution in [0, 0.1) is 6.92 Å². The summed E-state index contributed by atoms with van der Waals surface area (Å²) in [6.45, 7) is 1.95. The molecule has 0 saturated heterocycles. The van der Waals surface area contributed by atoms with Gasteiger partial charge in [0.2, 0.25) is 0 Å². The summed E-state index contributed by atoms with van der Waals surface area (Å²) in [6.07, 6.45) is 3.12. The molecule has 0 N–H and O–H groups in total. The maximum atomic E-state index is 10.1. The Labute approximate surface area is 59.7 Å². The Morgan fingerprint density at radius 2 is 2.50 bits per heavy atom. The van der Waals surface area contributed by atoms with Crippen molar-refractivity contribution in [1.82, 2.24) is 9.78 Å². The van der Waals surface area contributed by atoms with Crippen LogP contribution in [0.4, 0.5) is 0 Å². The first-order chi connectivity index (χ1) is 4.75. The summed E-state index contributed by atoms with van der Waals surface area (Å²) in [4.78, 5) is 10.1. The van der Waals surface area contributed by atoms with Crippen LogP contribution in [0.5, 0.6) is 0 Å². The third-order valence-electron chi connectivity index (χ3n) is 1.55. The Morgan fingerprint density at radius 1 is 1.80 bits per heavy atom. The fourth-order valence-electron chi connectivity index (χ4n) is 0.945. The van der Waals surface area contributed by atoms with Gasteiger partial charge in [0.25, 0.3) is 0 Å². The van der Waals surface area contributed by atoms with E-state index in [2.05, 4.69) is 5.10 Å². The van der Waals surface area contributed by atoms with Crippen LogP contribution < -0.4 is 0 Å². The predicted molar refractivity (Wildman–Crippen MR) is 37.7 cm³/mol. The normalized spacial score (nSPS) is 9.80. The molecule has 0 saturated carbocycles. The second-order valence-electron chi connectivity index (χ2n) is 2.27. The molecule has 1 aromatic heterocycles. The molecule has 1 aromatic rings. The Kier molecular flexibility index (Phi) is 1.85. The number of carbonyl (C=O) groups excluding carboxylic acids is 1. The van der Waals surface area contributed by atoms with Crippen LogP contribution >= 0.6 is 0 Å². The highest BCUT2D eigenvalue weighted by Gasteiger charge is 2.01. The van der Waals surface area contributed by atoms with E-state index in [1.807, 2.05) is 14.0 Å². The van der Waals surface area contributed by atoms with Crippen LogP contribution in [0.1, 0.15) is 11.3 Å². The molecule has 0 spiro atoms. The van der Waals surface area contributed by atoms with Crippen molar-refractivity contribution in [2.24, 2.45) is 7.05 Å². The SMILES string of the molecule is Cc1cnn(C)c1CC=O. The van der Waals surface area contributed by atoms with Crippen LogP contribution in [0.25, 0.3) is 0 Å². The molecule has 0 aliphatic heterocycles. The fourth-order valence-corrected chi connectivity index (χ4v) is 0.945. The van der Waals surface area contributed by atoms with Gasteiger partial charge < -0.3 is 4.79 Å². The number of aldehydes is 1. The van der Waals surface area contributed by atoms with Crippen molar-refractivity contribution in [2.75, 3.05) is 0 Å². The molecule has 10 heavy (non-hydrogen) atoms. The van der Waals surface area contributed by atoms with Crippen molar-refractivity contribution >= 4 is 6.29 Å². The van der Waals surface area contributed by atoms with E-state index in [0.29, 0.717) is 6.42 Å². The van der Waals surface area contributed by atoms with E-state index in [-0.39, 0.29) is 0 Å². The second-order valence-corrected chi connectivity index (χ2v) is 2.27. The molecule has 3 heteroatoms. The van der Waals surface area contributed by atoms with Crippen molar-refractivity contribution < 1.29 is 4.79 Å².